The van der Waals surface area contributed by atoms with E-state index in [1.165, 1.54) is 0 Å². The maximum atomic E-state index is 13.7. The van der Waals surface area contributed by atoms with Crippen LogP contribution >= 0.6 is 31.9 Å². The Balaban J connectivity index is 1.05. The van der Waals surface area contributed by atoms with Crippen molar-refractivity contribution in [3.05, 3.63) is 129 Å². The first-order valence-corrected chi connectivity index (χ1v) is 16.9. The standard InChI is InChI=1S/C38H30Br2N4O2/c39-25-9-5-7-23(19-25)35-21-31(29-11-1-3-13-33(29)43-35)37(45)41-27-15-17-28(18-16-27)42-38(46)32-22-36(24-8-6-10-26(40)20-24)44-34-14-4-2-12-30(32)34/h1-14,19-22,27-28H,15-18H2,(H,41,45)(H,42,46). The molecule has 1 aliphatic rings. The van der Waals surface area contributed by atoms with E-state index in [1.807, 2.05) is 109 Å². The lowest BCUT2D eigenvalue weighted by Gasteiger charge is -2.30. The first kappa shape index (κ1) is 30.3. The first-order valence-electron chi connectivity index (χ1n) is 15.3. The number of fused-ring (bicyclic) bond motifs is 2. The molecule has 2 N–H and O–H groups in total. The van der Waals surface area contributed by atoms with Gasteiger partial charge in [0.05, 0.1) is 33.5 Å². The minimum Gasteiger partial charge on any atom is -0.349 e. The molecule has 1 saturated carbocycles. The van der Waals surface area contributed by atoms with E-state index in [1.54, 1.807) is 0 Å². The summed E-state index contributed by atoms with van der Waals surface area (Å²) in [7, 11) is 0. The molecule has 0 aliphatic heterocycles. The molecule has 0 radical (unpaired) electrons. The van der Waals surface area contributed by atoms with Crippen LogP contribution in [-0.2, 0) is 0 Å². The van der Waals surface area contributed by atoms with Crippen molar-refractivity contribution >= 4 is 65.5 Å². The number of rotatable bonds is 6. The number of nitrogens with zero attached hydrogens (tertiary/aromatic N) is 2. The van der Waals surface area contributed by atoms with Crippen molar-refractivity contribution in [2.24, 2.45) is 0 Å². The number of aromatic nitrogens is 2. The lowest BCUT2D eigenvalue weighted by atomic mass is 9.90. The summed E-state index contributed by atoms with van der Waals surface area (Å²) >= 11 is 7.09. The van der Waals surface area contributed by atoms with Gasteiger partial charge in [-0.3, -0.25) is 9.59 Å². The SMILES string of the molecule is O=C(NC1CCC(NC(=O)c2cc(-c3cccc(Br)c3)nc3ccccc23)CC1)c1cc(-c2cccc(Br)c2)nc2ccccc12. The molecule has 0 atom stereocenters. The zero-order valence-corrected chi connectivity index (χ0v) is 28.0. The minimum absolute atomic E-state index is 0.0202. The van der Waals surface area contributed by atoms with Gasteiger partial charge in [0.25, 0.3) is 11.8 Å². The second kappa shape index (κ2) is 13.1. The third kappa shape index (κ3) is 6.46. The highest BCUT2D eigenvalue weighted by atomic mass is 79.9. The van der Waals surface area contributed by atoms with Gasteiger partial charge in [-0.1, -0.05) is 92.5 Å². The third-order valence-corrected chi connectivity index (χ3v) is 9.55. The van der Waals surface area contributed by atoms with Crippen LogP contribution in [0.1, 0.15) is 46.4 Å². The number of pyridine rings is 2. The summed E-state index contributed by atoms with van der Waals surface area (Å²) in [6, 6.07) is 35.2. The Kier molecular flexibility index (Phi) is 8.65. The predicted molar refractivity (Wildman–Crippen MR) is 191 cm³/mol. The van der Waals surface area contributed by atoms with Gasteiger partial charge in [0.1, 0.15) is 0 Å². The molecule has 0 unspecified atom stereocenters. The number of halogens is 2. The molecule has 0 spiro atoms. The first-order chi connectivity index (χ1) is 22.4. The highest BCUT2D eigenvalue weighted by molar-refractivity contribution is 9.10. The zero-order chi connectivity index (χ0) is 31.6. The molecule has 1 fully saturated rings. The molecule has 7 rings (SSSR count). The molecule has 2 amide bonds. The van der Waals surface area contributed by atoms with Gasteiger partial charge in [0.2, 0.25) is 0 Å². The van der Waals surface area contributed by atoms with Gasteiger partial charge in [-0.05, 0) is 74.2 Å². The molecular weight excluding hydrogens is 704 g/mol. The normalized spacial score (nSPS) is 16.3. The van der Waals surface area contributed by atoms with Gasteiger partial charge in [-0.2, -0.15) is 0 Å². The van der Waals surface area contributed by atoms with Crippen LogP contribution in [0.15, 0.2) is 118 Å². The van der Waals surface area contributed by atoms with Crippen molar-refractivity contribution in [1.82, 2.24) is 20.6 Å². The second-order valence-corrected chi connectivity index (χ2v) is 13.5. The van der Waals surface area contributed by atoms with E-state index in [0.29, 0.717) is 11.1 Å². The number of benzene rings is 4. The van der Waals surface area contributed by atoms with Gasteiger partial charge in [0, 0.05) is 42.9 Å². The molecule has 0 saturated heterocycles. The highest BCUT2D eigenvalue weighted by Crippen LogP contribution is 2.29. The fourth-order valence-corrected chi connectivity index (χ4v) is 7.02. The van der Waals surface area contributed by atoms with Gasteiger partial charge < -0.3 is 10.6 Å². The van der Waals surface area contributed by atoms with E-state index in [-0.39, 0.29) is 23.9 Å². The molecule has 8 heteroatoms. The van der Waals surface area contributed by atoms with Crippen LogP contribution in [0.2, 0.25) is 0 Å². The summed E-state index contributed by atoms with van der Waals surface area (Å²) in [5.41, 5.74) is 6.17. The highest BCUT2D eigenvalue weighted by Gasteiger charge is 2.26. The summed E-state index contributed by atoms with van der Waals surface area (Å²) in [4.78, 5) is 37.1. The Hall–Kier alpha value is -4.40. The van der Waals surface area contributed by atoms with Crippen molar-refractivity contribution in [1.29, 1.82) is 0 Å². The minimum atomic E-state index is -0.106. The topological polar surface area (TPSA) is 84.0 Å². The summed E-state index contributed by atoms with van der Waals surface area (Å²) in [6.45, 7) is 0. The molecule has 1 aliphatic carbocycles. The number of carbonyl (C=O) groups excluding carboxylic acids is 2. The van der Waals surface area contributed by atoms with E-state index in [2.05, 4.69) is 42.5 Å². The van der Waals surface area contributed by atoms with Crippen LogP contribution in [0.25, 0.3) is 44.3 Å². The Morgan fingerprint density at radius 1 is 0.543 bits per heavy atom. The summed E-state index contributed by atoms with van der Waals surface area (Å²) in [5.74, 6) is -0.212. The number of hydrogen-bond acceptors (Lipinski definition) is 4. The lowest BCUT2D eigenvalue weighted by molar-refractivity contribution is 0.0893. The van der Waals surface area contributed by atoms with Crippen LogP contribution < -0.4 is 10.6 Å². The van der Waals surface area contributed by atoms with Crippen LogP contribution in [0.5, 0.6) is 0 Å². The van der Waals surface area contributed by atoms with E-state index in [4.69, 9.17) is 9.97 Å². The molecule has 6 aromatic rings. The van der Waals surface area contributed by atoms with Crippen molar-refractivity contribution in [2.75, 3.05) is 0 Å². The van der Waals surface area contributed by atoms with Gasteiger partial charge in [0.15, 0.2) is 0 Å². The number of hydrogen-bond donors (Lipinski definition) is 2. The fourth-order valence-electron chi connectivity index (χ4n) is 6.23. The fraction of sp³-hybridized carbons (Fsp3) is 0.158. The molecule has 4 aromatic carbocycles. The smallest absolute Gasteiger partial charge is 0.252 e. The molecule has 0 bridgehead atoms. The van der Waals surface area contributed by atoms with Crippen LogP contribution in [0, 0.1) is 0 Å². The van der Waals surface area contributed by atoms with Crippen LogP contribution in [-0.4, -0.2) is 33.9 Å². The predicted octanol–water partition coefficient (Wildman–Crippen LogP) is 9.11. The summed E-state index contributed by atoms with van der Waals surface area (Å²) in [5, 5.41) is 8.20. The van der Waals surface area contributed by atoms with E-state index in [0.717, 1.165) is 78.9 Å². The summed E-state index contributed by atoms with van der Waals surface area (Å²) in [6.07, 6.45) is 3.11. The Bertz CT molecular complexity index is 1960. The van der Waals surface area contributed by atoms with E-state index >= 15 is 0 Å². The molecular formula is C38H30Br2N4O2. The number of para-hydroxylation sites is 2. The van der Waals surface area contributed by atoms with Gasteiger partial charge in [-0.25, -0.2) is 9.97 Å². The zero-order valence-electron chi connectivity index (χ0n) is 24.8. The lowest BCUT2D eigenvalue weighted by Crippen LogP contribution is -2.44. The maximum Gasteiger partial charge on any atom is 0.252 e. The molecule has 46 heavy (non-hydrogen) atoms. The average molecular weight is 734 g/mol. The van der Waals surface area contributed by atoms with E-state index < -0.39 is 0 Å². The van der Waals surface area contributed by atoms with E-state index in [9.17, 15) is 9.59 Å². The molecule has 228 valence electrons. The monoisotopic (exact) mass is 732 g/mol. The largest absolute Gasteiger partial charge is 0.349 e. The average Bonchev–Trinajstić information content (AvgIpc) is 3.08. The summed E-state index contributed by atoms with van der Waals surface area (Å²) < 4.78 is 1.91. The van der Waals surface area contributed by atoms with Crippen molar-refractivity contribution in [2.45, 2.75) is 37.8 Å². The third-order valence-electron chi connectivity index (χ3n) is 8.56. The molecule has 2 aromatic heterocycles. The Morgan fingerprint density at radius 3 is 1.37 bits per heavy atom. The van der Waals surface area contributed by atoms with Gasteiger partial charge >= 0.3 is 0 Å². The second-order valence-electron chi connectivity index (χ2n) is 11.7. The van der Waals surface area contributed by atoms with Gasteiger partial charge in [-0.15, -0.1) is 0 Å². The Labute approximate surface area is 283 Å². The van der Waals surface area contributed by atoms with Crippen molar-refractivity contribution in [3.63, 3.8) is 0 Å². The Morgan fingerprint density at radius 2 is 0.957 bits per heavy atom. The number of carbonyl (C=O) groups is 2. The van der Waals surface area contributed by atoms with Crippen LogP contribution in [0.4, 0.5) is 0 Å². The number of amides is 2. The van der Waals surface area contributed by atoms with Crippen molar-refractivity contribution < 1.29 is 9.59 Å². The van der Waals surface area contributed by atoms with Crippen LogP contribution in [0.3, 0.4) is 0 Å². The molecule has 2 heterocycles. The maximum absolute atomic E-state index is 13.7. The number of nitrogens with one attached hydrogen (secondary N) is 2. The quantitative estimate of drug-likeness (QED) is 0.179. The van der Waals surface area contributed by atoms with Crippen molar-refractivity contribution in [3.8, 4) is 22.5 Å². The molecule has 6 nitrogen and oxygen atoms in total.